The van der Waals surface area contributed by atoms with Crippen molar-refractivity contribution in [1.29, 1.82) is 0 Å². The van der Waals surface area contributed by atoms with E-state index in [0.29, 0.717) is 11.3 Å². The second kappa shape index (κ2) is 6.43. The summed E-state index contributed by atoms with van der Waals surface area (Å²) in [5.74, 6) is -0.260. The first-order chi connectivity index (χ1) is 9.61. The van der Waals surface area contributed by atoms with Crippen molar-refractivity contribution in [3.63, 3.8) is 0 Å². The number of benzene rings is 1. The van der Waals surface area contributed by atoms with E-state index in [0.717, 1.165) is 0 Å². The second-order valence-corrected chi connectivity index (χ2v) is 6.37. The van der Waals surface area contributed by atoms with Crippen molar-refractivity contribution >= 4 is 5.97 Å². The molecule has 1 aromatic rings. The van der Waals surface area contributed by atoms with Gasteiger partial charge in [0.2, 0.25) is 0 Å². The smallest absolute Gasteiger partial charge is 0.307 e. The highest BCUT2D eigenvalue weighted by molar-refractivity contribution is 5.72. The van der Waals surface area contributed by atoms with Gasteiger partial charge in [0.05, 0.1) is 13.5 Å². The molecule has 0 radical (unpaired) electrons. The molecule has 0 aliphatic carbocycles. The Bertz CT molecular complexity index is 511. The fourth-order valence-corrected chi connectivity index (χ4v) is 2.13. The summed E-state index contributed by atoms with van der Waals surface area (Å²) < 4.78 is 24.1. The first-order valence-electron chi connectivity index (χ1n) is 6.87. The molecule has 0 amide bonds. The van der Waals surface area contributed by atoms with Crippen LogP contribution < -0.4 is 10.5 Å². The first kappa shape index (κ1) is 17.4. The van der Waals surface area contributed by atoms with Crippen molar-refractivity contribution in [3.8, 4) is 5.75 Å². The minimum absolute atomic E-state index is 0.0561. The third kappa shape index (κ3) is 4.70. The van der Waals surface area contributed by atoms with E-state index in [4.69, 9.17) is 15.2 Å². The zero-order valence-corrected chi connectivity index (χ0v) is 13.3. The van der Waals surface area contributed by atoms with Gasteiger partial charge in [0.1, 0.15) is 17.2 Å². The van der Waals surface area contributed by atoms with E-state index in [1.807, 2.05) is 0 Å². The van der Waals surface area contributed by atoms with Crippen LogP contribution in [0.3, 0.4) is 0 Å². The molecule has 21 heavy (non-hydrogen) atoms. The van der Waals surface area contributed by atoms with Gasteiger partial charge in [-0.15, -0.1) is 0 Å². The van der Waals surface area contributed by atoms with Crippen LogP contribution in [0.5, 0.6) is 5.75 Å². The summed E-state index contributed by atoms with van der Waals surface area (Å²) in [4.78, 5) is 12.1. The summed E-state index contributed by atoms with van der Waals surface area (Å²) >= 11 is 0. The van der Waals surface area contributed by atoms with Gasteiger partial charge in [-0.05, 0) is 39.0 Å². The van der Waals surface area contributed by atoms with Gasteiger partial charge in [0.15, 0.2) is 0 Å². The number of carbonyl (C=O) groups is 1. The van der Waals surface area contributed by atoms with E-state index >= 15 is 0 Å². The SMILES string of the molecule is COc1ccc(F)cc1C(C)(CN)CC(=O)OC(C)(C)C. The van der Waals surface area contributed by atoms with Crippen molar-refractivity contribution in [2.75, 3.05) is 13.7 Å². The van der Waals surface area contributed by atoms with Crippen molar-refractivity contribution in [2.24, 2.45) is 5.73 Å². The molecular formula is C16H24FNO3. The van der Waals surface area contributed by atoms with Crippen molar-refractivity contribution in [3.05, 3.63) is 29.6 Å². The van der Waals surface area contributed by atoms with Crippen LogP contribution in [0.1, 0.15) is 39.7 Å². The Morgan fingerprint density at radius 1 is 1.29 bits per heavy atom. The van der Waals surface area contributed by atoms with Crippen LogP contribution in [0.25, 0.3) is 0 Å². The Hall–Kier alpha value is -1.62. The third-order valence-corrected chi connectivity index (χ3v) is 3.22. The molecule has 0 bridgehead atoms. The highest BCUT2D eigenvalue weighted by Gasteiger charge is 2.33. The second-order valence-electron chi connectivity index (χ2n) is 6.37. The highest BCUT2D eigenvalue weighted by Crippen LogP contribution is 2.35. The Morgan fingerprint density at radius 3 is 2.38 bits per heavy atom. The molecule has 1 aromatic carbocycles. The number of carbonyl (C=O) groups excluding carboxylic acids is 1. The van der Waals surface area contributed by atoms with Crippen LogP contribution in [0, 0.1) is 5.82 Å². The van der Waals surface area contributed by atoms with E-state index in [1.165, 1.54) is 25.3 Å². The lowest BCUT2D eigenvalue weighted by Crippen LogP contribution is -2.37. The van der Waals surface area contributed by atoms with E-state index in [9.17, 15) is 9.18 Å². The van der Waals surface area contributed by atoms with Crippen LogP contribution >= 0.6 is 0 Å². The standard InChI is InChI=1S/C16H24FNO3/c1-15(2,3)21-14(19)9-16(4,10-18)12-8-11(17)6-7-13(12)20-5/h6-8H,9-10,18H2,1-5H3. The predicted octanol–water partition coefficient (Wildman–Crippen LogP) is 2.78. The van der Waals surface area contributed by atoms with Crippen molar-refractivity contribution in [2.45, 2.75) is 45.1 Å². The lowest BCUT2D eigenvalue weighted by atomic mass is 9.79. The van der Waals surface area contributed by atoms with Crippen molar-refractivity contribution in [1.82, 2.24) is 0 Å². The maximum atomic E-state index is 13.5. The molecule has 2 N–H and O–H groups in total. The van der Waals surface area contributed by atoms with Gasteiger partial charge in [-0.2, -0.15) is 0 Å². The Morgan fingerprint density at radius 2 is 1.90 bits per heavy atom. The number of rotatable bonds is 5. The lowest BCUT2D eigenvalue weighted by Gasteiger charge is -2.30. The molecule has 0 saturated carbocycles. The van der Waals surface area contributed by atoms with Gasteiger partial charge >= 0.3 is 5.97 Å². The summed E-state index contributed by atoms with van der Waals surface area (Å²) in [6.07, 6.45) is 0.0561. The number of esters is 1. The molecule has 4 nitrogen and oxygen atoms in total. The van der Waals surface area contributed by atoms with E-state index < -0.39 is 16.8 Å². The molecular weight excluding hydrogens is 273 g/mol. The Balaban J connectivity index is 3.10. The van der Waals surface area contributed by atoms with Gasteiger partial charge in [-0.1, -0.05) is 6.92 Å². The zero-order chi connectivity index (χ0) is 16.3. The number of ether oxygens (including phenoxy) is 2. The molecule has 1 unspecified atom stereocenters. The maximum Gasteiger partial charge on any atom is 0.307 e. The summed E-state index contributed by atoms with van der Waals surface area (Å²) in [6, 6.07) is 4.20. The number of methoxy groups -OCH3 is 1. The van der Waals surface area contributed by atoms with Gasteiger partial charge in [0, 0.05) is 17.5 Å². The molecule has 0 fully saturated rings. The fourth-order valence-electron chi connectivity index (χ4n) is 2.13. The molecule has 0 spiro atoms. The monoisotopic (exact) mass is 297 g/mol. The Labute approximate surface area is 125 Å². The van der Waals surface area contributed by atoms with Crippen LogP contribution in [0.2, 0.25) is 0 Å². The van der Waals surface area contributed by atoms with E-state index in [2.05, 4.69) is 0 Å². The van der Waals surface area contributed by atoms with E-state index in [1.54, 1.807) is 27.7 Å². The Kier molecular flexibility index (Phi) is 5.34. The summed E-state index contributed by atoms with van der Waals surface area (Å²) in [7, 11) is 1.50. The highest BCUT2D eigenvalue weighted by atomic mass is 19.1. The lowest BCUT2D eigenvalue weighted by molar-refractivity contribution is -0.156. The predicted molar refractivity (Wildman–Crippen MR) is 79.8 cm³/mol. The number of hydrogen-bond acceptors (Lipinski definition) is 4. The topological polar surface area (TPSA) is 61.5 Å². The average molecular weight is 297 g/mol. The number of halogens is 1. The average Bonchev–Trinajstić information content (AvgIpc) is 2.36. The number of nitrogens with two attached hydrogens (primary N) is 1. The molecule has 5 heteroatoms. The normalized spacial score (nSPS) is 14.4. The third-order valence-electron chi connectivity index (χ3n) is 3.22. The summed E-state index contributed by atoms with van der Waals surface area (Å²) in [5.41, 5.74) is 5.08. The maximum absolute atomic E-state index is 13.5. The molecule has 1 rings (SSSR count). The van der Waals surface area contributed by atoms with Crippen LogP contribution in [-0.4, -0.2) is 25.2 Å². The van der Waals surface area contributed by atoms with Crippen molar-refractivity contribution < 1.29 is 18.7 Å². The molecule has 0 saturated heterocycles. The van der Waals surface area contributed by atoms with Gasteiger partial charge in [-0.3, -0.25) is 4.79 Å². The molecule has 0 aromatic heterocycles. The first-order valence-corrected chi connectivity index (χ1v) is 6.87. The number of hydrogen-bond donors (Lipinski definition) is 1. The largest absolute Gasteiger partial charge is 0.496 e. The molecule has 0 aliphatic heterocycles. The quantitative estimate of drug-likeness (QED) is 0.849. The van der Waals surface area contributed by atoms with Gasteiger partial charge in [-0.25, -0.2) is 4.39 Å². The minimum Gasteiger partial charge on any atom is -0.496 e. The van der Waals surface area contributed by atoms with Crippen LogP contribution in [0.4, 0.5) is 4.39 Å². The molecule has 118 valence electrons. The minimum atomic E-state index is -0.754. The zero-order valence-electron chi connectivity index (χ0n) is 13.3. The fraction of sp³-hybridized carbons (Fsp3) is 0.562. The van der Waals surface area contributed by atoms with Gasteiger partial charge < -0.3 is 15.2 Å². The van der Waals surface area contributed by atoms with Crippen LogP contribution in [-0.2, 0) is 14.9 Å². The molecule has 0 aliphatic rings. The van der Waals surface area contributed by atoms with Gasteiger partial charge in [0.25, 0.3) is 0 Å². The summed E-state index contributed by atoms with van der Waals surface area (Å²) in [6.45, 7) is 7.37. The van der Waals surface area contributed by atoms with Crippen LogP contribution in [0.15, 0.2) is 18.2 Å². The summed E-state index contributed by atoms with van der Waals surface area (Å²) in [5, 5.41) is 0. The van der Waals surface area contributed by atoms with E-state index in [-0.39, 0.29) is 18.9 Å². The molecule has 1 atom stereocenters. The molecule has 0 heterocycles.